The van der Waals surface area contributed by atoms with Crippen LogP contribution in [0.2, 0.25) is 0 Å². The van der Waals surface area contributed by atoms with Crippen molar-refractivity contribution in [3.63, 3.8) is 0 Å². The number of carbonyl (C=O) groups is 1. The van der Waals surface area contributed by atoms with Gasteiger partial charge in [0.15, 0.2) is 5.43 Å². The molecule has 0 aliphatic rings. The molecule has 0 N–H and O–H groups in total. The lowest BCUT2D eigenvalue weighted by Gasteiger charge is -2.13. The Morgan fingerprint density at radius 2 is 1.67 bits per heavy atom. The van der Waals surface area contributed by atoms with E-state index in [-0.39, 0.29) is 34.5 Å². The average molecular weight is 441 g/mol. The van der Waals surface area contributed by atoms with E-state index < -0.39 is 6.09 Å². The molecule has 0 unspecified atom stereocenters. The molecule has 4 aromatic rings. The Hall–Kier alpha value is -4.32. The first-order valence-corrected chi connectivity index (χ1v) is 10.4. The quantitative estimate of drug-likeness (QED) is 0.389. The molecule has 0 bridgehead atoms. The number of amides is 1. The molecule has 33 heavy (non-hydrogen) atoms. The number of carbonyl (C=O) groups excluding carboxylic acids is 1. The Morgan fingerprint density at radius 3 is 2.36 bits per heavy atom. The zero-order valence-electron chi connectivity index (χ0n) is 18.4. The largest absolute Gasteiger partial charge is 0.488 e. The summed E-state index contributed by atoms with van der Waals surface area (Å²) in [6, 6.07) is 23.6. The van der Waals surface area contributed by atoms with Crippen molar-refractivity contribution in [3.8, 4) is 22.8 Å². The molecule has 6 heteroatoms. The number of fused-ring (bicyclic) bond motifs is 1. The average Bonchev–Trinajstić information content (AvgIpc) is 2.82. The van der Waals surface area contributed by atoms with Crippen LogP contribution >= 0.6 is 0 Å². The summed E-state index contributed by atoms with van der Waals surface area (Å²) in [5, 5.41) is 0.285. The van der Waals surface area contributed by atoms with Crippen LogP contribution in [0.25, 0.3) is 28.4 Å². The van der Waals surface area contributed by atoms with Gasteiger partial charge in [0.25, 0.3) is 0 Å². The highest BCUT2D eigenvalue weighted by Gasteiger charge is 2.16. The maximum Gasteiger partial charge on any atom is 0.414 e. The van der Waals surface area contributed by atoms with E-state index in [4.69, 9.17) is 13.9 Å². The van der Waals surface area contributed by atoms with Gasteiger partial charge in [0.05, 0.1) is 0 Å². The first-order chi connectivity index (χ1) is 16.0. The van der Waals surface area contributed by atoms with Crippen molar-refractivity contribution < 1.29 is 18.7 Å². The van der Waals surface area contributed by atoms with Crippen LogP contribution in [0.5, 0.6) is 11.5 Å². The lowest BCUT2D eigenvalue weighted by molar-refractivity contribution is 0.172. The van der Waals surface area contributed by atoms with Crippen LogP contribution in [0.4, 0.5) is 4.79 Å². The normalized spacial score (nSPS) is 11.0. The number of nitrogens with zero attached hydrogens (tertiary/aromatic N) is 1. The number of rotatable bonds is 6. The van der Waals surface area contributed by atoms with Crippen LogP contribution in [0.3, 0.4) is 0 Å². The zero-order valence-corrected chi connectivity index (χ0v) is 18.4. The van der Waals surface area contributed by atoms with Gasteiger partial charge in [0.1, 0.15) is 34.8 Å². The lowest BCUT2D eigenvalue weighted by atomic mass is 10.1. The lowest BCUT2D eigenvalue weighted by Crippen LogP contribution is -2.25. The summed E-state index contributed by atoms with van der Waals surface area (Å²) >= 11 is 0. The summed E-state index contributed by atoms with van der Waals surface area (Å²) in [6.07, 6.45) is 3.22. The van der Waals surface area contributed by atoms with Gasteiger partial charge < -0.3 is 18.8 Å². The van der Waals surface area contributed by atoms with Crippen LogP contribution in [0.1, 0.15) is 5.56 Å². The van der Waals surface area contributed by atoms with E-state index in [0.29, 0.717) is 5.76 Å². The molecule has 3 aromatic carbocycles. The summed E-state index contributed by atoms with van der Waals surface area (Å²) in [5.41, 5.74) is 1.82. The van der Waals surface area contributed by atoms with Gasteiger partial charge in [-0.25, -0.2) is 4.79 Å². The predicted molar refractivity (Wildman–Crippen MR) is 129 cm³/mol. The molecule has 4 rings (SSSR count). The summed E-state index contributed by atoms with van der Waals surface area (Å²) in [7, 11) is 3.17. The summed E-state index contributed by atoms with van der Waals surface area (Å²) in [6.45, 7) is 0.217. The van der Waals surface area contributed by atoms with Gasteiger partial charge in [0, 0.05) is 37.9 Å². The zero-order chi connectivity index (χ0) is 23.2. The standard InChI is InChI=1S/C27H23NO5/c1-28(2)27(30)32-21-16-24(31-15-9-12-19-10-5-3-6-11-19)26-22(29)18-23(33-25(26)17-21)20-13-7-4-8-14-20/h3-14,16-18H,15H2,1-2H3/b12-9+. The molecule has 0 fully saturated rings. The topological polar surface area (TPSA) is 69.0 Å². The first-order valence-electron chi connectivity index (χ1n) is 10.4. The predicted octanol–water partition coefficient (Wildman–Crippen LogP) is 5.61. The second-order valence-electron chi connectivity index (χ2n) is 7.52. The summed E-state index contributed by atoms with van der Waals surface area (Å²) < 4.78 is 17.3. The second kappa shape index (κ2) is 9.87. The van der Waals surface area contributed by atoms with Crippen molar-refractivity contribution in [2.45, 2.75) is 0 Å². The third-order valence-electron chi connectivity index (χ3n) is 4.84. The van der Waals surface area contributed by atoms with E-state index >= 15 is 0 Å². The third-order valence-corrected chi connectivity index (χ3v) is 4.84. The van der Waals surface area contributed by atoms with Crippen molar-refractivity contribution in [3.05, 3.63) is 101 Å². The highest BCUT2D eigenvalue weighted by molar-refractivity contribution is 5.87. The first kappa shape index (κ1) is 21.9. The van der Waals surface area contributed by atoms with Crippen LogP contribution in [-0.2, 0) is 0 Å². The second-order valence-corrected chi connectivity index (χ2v) is 7.52. The molecular weight excluding hydrogens is 418 g/mol. The Kier molecular flexibility index (Phi) is 6.55. The molecule has 0 aliphatic carbocycles. The molecule has 0 atom stereocenters. The smallest absolute Gasteiger partial charge is 0.414 e. The highest BCUT2D eigenvalue weighted by atomic mass is 16.6. The van der Waals surface area contributed by atoms with Gasteiger partial charge in [-0.05, 0) is 11.6 Å². The Morgan fingerprint density at radius 1 is 0.970 bits per heavy atom. The minimum absolute atomic E-state index is 0.217. The molecule has 0 spiro atoms. The molecule has 1 heterocycles. The molecule has 6 nitrogen and oxygen atoms in total. The molecule has 0 saturated heterocycles. The number of hydrogen-bond donors (Lipinski definition) is 0. The van der Waals surface area contributed by atoms with Gasteiger partial charge in [-0.2, -0.15) is 0 Å². The van der Waals surface area contributed by atoms with Crippen LogP contribution in [-0.4, -0.2) is 31.7 Å². The van der Waals surface area contributed by atoms with Gasteiger partial charge in [0.2, 0.25) is 0 Å². The minimum atomic E-state index is -0.550. The molecule has 0 radical (unpaired) electrons. The monoisotopic (exact) mass is 441 g/mol. The number of hydrogen-bond acceptors (Lipinski definition) is 5. The van der Waals surface area contributed by atoms with Gasteiger partial charge in [-0.15, -0.1) is 0 Å². The van der Waals surface area contributed by atoms with Crippen molar-refractivity contribution in [2.24, 2.45) is 0 Å². The summed E-state index contributed by atoms with van der Waals surface area (Å²) in [5.74, 6) is 0.913. The molecule has 166 valence electrons. The van der Waals surface area contributed by atoms with E-state index in [0.717, 1.165) is 11.1 Å². The number of ether oxygens (including phenoxy) is 2. The Bertz CT molecular complexity index is 1340. The molecule has 1 amide bonds. The van der Waals surface area contributed by atoms with Crippen LogP contribution < -0.4 is 14.9 Å². The van der Waals surface area contributed by atoms with Gasteiger partial charge in [-0.1, -0.05) is 66.7 Å². The van der Waals surface area contributed by atoms with E-state index in [1.54, 1.807) is 14.1 Å². The highest BCUT2D eigenvalue weighted by Crippen LogP contribution is 2.32. The third kappa shape index (κ3) is 5.30. The minimum Gasteiger partial charge on any atom is -0.488 e. The fourth-order valence-corrected chi connectivity index (χ4v) is 3.22. The van der Waals surface area contributed by atoms with Crippen molar-refractivity contribution in [1.29, 1.82) is 0 Å². The van der Waals surface area contributed by atoms with E-state index in [1.165, 1.54) is 23.1 Å². The molecule has 1 aromatic heterocycles. The van der Waals surface area contributed by atoms with Gasteiger partial charge in [-0.3, -0.25) is 4.79 Å². The maximum absolute atomic E-state index is 13.0. The summed E-state index contributed by atoms with van der Waals surface area (Å²) in [4.78, 5) is 26.4. The van der Waals surface area contributed by atoms with Crippen LogP contribution in [0.15, 0.2) is 94.2 Å². The Balaban J connectivity index is 1.72. The Labute approximate surface area is 191 Å². The maximum atomic E-state index is 13.0. The molecule has 0 saturated carbocycles. The van der Waals surface area contributed by atoms with E-state index in [1.807, 2.05) is 72.8 Å². The van der Waals surface area contributed by atoms with Crippen molar-refractivity contribution in [2.75, 3.05) is 20.7 Å². The fourth-order valence-electron chi connectivity index (χ4n) is 3.22. The van der Waals surface area contributed by atoms with Crippen molar-refractivity contribution >= 4 is 23.1 Å². The van der Waals surface area contributed by atoms with Crippen molar-refractivity contribution in [1.82, 2.24) is 4.90 Å². The fraction of sp³-hybridized carbons (Fsp3) is 0.111. The van der Waals surface area contributed by atoms with E-state index in [2.05, 4.69) is 0 Å². The molecule has 0 aliphatic heterocycles. The van der Waals surface area contributed by atoms with Crippen LogP contribution in [0, 0.1) is 0 Å². The molecular formula is C27H23NO5. The number of benzene rings is 3. The van der Waals surface area contributed by atoms with E-state index in [9.17, 15) is 9.59 Å². The van der Waals surface area contributed by atoms with Gasteiger partial charge >= 0.3 is 6.09 Å². The SMILES string of the molecule is CN(C)C(=O)Oc1cc(OC/C=C/c2ccccc2)c2c(=O)cc(-c3ccccc3)oc2c1.